The monoisotopic (exact) mass is 481 g/mol. The molecule has 0 radical (unpaired) electrons. The standard InChI is InChI=1S/C28H23N3O3S/c1-17-8-9-18(2)24(12-17)31-27(33)22-11-10-20(14-23(22)28(31)34)26(32)29-15-21-16-35-25(30-21)13-19-6-4-3-5-7-19/h3-12,14,16H,13,15H2,1-2H3,(H,29,32). The Labute approximate surface area is 207 Å². The van der Waals surface area contributed by atoms with E-state index in [9.17, 15) is 14.4 Å². The summed E-state index contributed by atoms with van der Waals surface area (Å²) in [6.45, 7) is 4.06. The first-order valence-corrected chi connectivity index (χ1v) is 12.1. The van der Waals surface area contributed by atoms with Crippen molar-refractivity contribution in [2.45, 2.75) is 26.8 Å². The molecule has 0 saturated carbocycles. The topological polar surface area (TPSA) is 79.4 Å². The van der Waals surface area contributed by atoms with Crippen LogP contribution in [-0.4, -0.2) is 22.7 Å². The summed E-state index contributed by atoms with van der Waals surface area (Å²) in [6, 6.07) is 20.4. The number of rotatable bonds is 6. The highest BCUT2D eigenvalue weighted by molar-refractivity contribution is 7.09. The average Bonchev–Trinajstić information content (AvgIpc) is 3.41. The van der Waals surface area contributed by atoms with Crippen molar-refractivity contribution in [3.8, 4) is 0 Å². The Morgan fingerprint density at radius 2 is 1.71 bits per heavy atom. The Morgan fingerprint density at radius 1 is 0.943 bits per heavy atom. The van der Waals surface area contributed by atoms with E-state index in [-0.39, 0.29) is 23.9 Å². The molecule has 1 N–H and O–H groups in total. The lowest BCUT2D eigenvalue weighted by Gasteiger charge is -2.17. The number of aryl methyl sites for hydroxylation is 2. The van der Waals surface area contributed by atoms with E-state index < -0.39 is 5.91 Å². The average molecular weight is 482 g/mol. The summed E-state index contributed by atoms with van der Waals surface area (Å²) in [5.41, 5.74) is 5.19. The molecule has 0 atom stereocenters. The Balaban J connectivity index is 1.29. The summed E-state index contributed by atoms with van der Waals surface area (Å²) in [4.78, 5) is 44.7. The number of fused-ring (bicyclic) bond motifs is 1. The Hall–Kier alpha value is -4.10. The van der Waals surface area contributed by atoms with Crippen molar-refractivity contribution in [3.63, 3.8) is 0 Å². The van der Waals surface area contributed by atoms with Gasteiger partial charge in [-0.25, -0.2) is 9.88 Å². The second kappa shape index (κ2) is 9.27. The fourth-order valence-corrected chi connectivity index (χ4v) is 4.94. The van der Waals surface area contributed by atoms with Crippen LogP contribution >= 0.6 is 11.3 Å². The lowest BCUT2D eigenvalue weighted by atomic mass is 10.1. The number of imide groups is 1. The smallest absolute Gasteiger partial charge is 0.266 e. The number of carbonyl (C=O) groups excluding carboxylic acids is 3. The molecule has 35 heavy (non-hydrogen) atoms. The van der Waals surface area contributed by atoms with Crippen molar-refractivity contribution in [3.05, 3.63) is 116 Å². The number of aromatic nitrogens is 1. The van der Waals surface area contributed by atoms with Gasteiger partial charge >= 0.3 is 0 Å². The molecule has 1 aliphatic rings. The maximum absolute atomic E-state index is 13.1. The van der Waals surface area contributed by atoms with Crippen LogP contribution in [0.1, 0.15) is 58.5 Å². The summed E-state index contributed by atoms with van der Waals surface area (Å²) in [5.74, 6) is -1.12. The van der Waals surface area contributed by atoms with Crippen LogP contribution in [0.3, 0.4) is 0 Å². The minimum absolute atomic E-state index is 0.238. The molecule has 3 amide bonds. The highest BCUT2D eigenvalue weighted by Crippen LogP contribution is 2.31. The molecule has 0 aliphatic carbocycles. The molecule has 0 saturated heterocycles. The highest BCUT2D eigenvalue weighted by Gasteiger charge is 2.37. The highest BCUT2D eigenvalue weighted by atomic mass is 32.1. The van der Waals surface area contributed by atoms with E-state index in [0.717, 1.165) is 28.2 Å². The molecule has 174 valence electrons. The summed E-state index contributed by atoms with van der Waals surface area (Å²) in [7, 11) is 0. The lowest BCUT2D eigenvalue weighted by molar-refractivity contribution is 0.0923. The quantitative estimate of drug-likeness (QED) is 0.390. The number of carbonyl (C=O) groups is 3. The maximum atomic E-state index is 13.1. The van der Waals surface area contributed by atoms with Crippen molar-refractivity contribution < 1.29 is 14.4 Å². The van der Waals surface area contributed by atoms with Gasteiger partial charge in [0.1, 0.15) is 0 Å². The molecule has 0 spiro atoms. The minimum Gasteiger partial charge on any atom is -0.346 e. The van der Waals surface area contributed by atoms with Crippen molar-refractivity contribution in [2.75, 3.05) is 4.90 Å². The van der Waals surface area contributed by atoms with Gasteiger partial charge in [0.2, 0.25) is 0 Å². The lowest BCUT2D eigenvalue weighted by Crippen LogP contribution is -2.30. The molecular formula is C28H23N3O3S. The van der Waals surface area contributed by atoms with E-state index in [1.807, 2.05) is 55.6 Å². The number of anilines is 1. The number of hydrogen-bond acceptors (Lipinski definition) is 5. The van der Waals surface area contributed by atoms with E-state index >= 15 is 0 Å². The van der Waals surface area contributed by atoms with Gasteiger partial charge < -0.3 is 5.32 Å². The summed E-state index contributed by atoms with van der Waals surface area (Å²) >= 11 is 1.56. The summed E-state index contributed by atoms with van der Waals surface area (Å²) in [5, 5.41) is 5.78. The number of benzene rings is 3. The molecule has 0 bridgehead atoms. The van der Waals surface area contributed by atoms with Gasteiger partial charge in [-0.2, -0.15) is 0 Å². The Kier molecular flexibility index (Phi) is 6.01. The van der Waals surface area contributed by atoms with Crippen LogP contribution in [0.5, 0.6) is 0 Å². The maximum Gasteiger partial charge on any atom is 0.266 e. The van der Waals surface area contributed by atoms with E-state index in [4.69, 9.17) is 0 Å². The predicted octanol–water partition coefficient (Wildman–Crippen LogP) is 5.08. The molecule has 6 nitrogen and oxygen atoms in total. The SMILES string of the molecule is Cc1ccc(C)c(N2C(=O)c3ccc(C(=O)NCc4csc(Cc5ccccc5)n4)cc3C2=O)c1. The van der Waals surface area contributed by atoms with Crippen molar-refractivity contribution >= 4 is 34.7 Å². The van der Waals surface area contributed by atoms with Gasteiger partial charge in [0.25, 0.3) is 17.7 Å². The van der Waals surface area contributed by atoms with E-state index in [1.54, 1.807) is 23.5 Å². The molecule has 1 aliphatic heterocycles. The zero-order chi connectivity index (χ0) is 24.5. The third-order valence-electron chi connectivity index (χ3n) is 5.98. The largest absolute Gasteiger partial charge is 0.346 e. The summed E-state index contributed by atoms with van der Waals surface area (Å²) in [6.07, 6.45) is 0.747. The number of amides is 3. The minimum atomic E-state index is -0.418. The number of thiazole rings is 1. The van der Waals surface area contributed by atoms with Crippen molar-refractivity contribution in [2.24, 2.45) is 0 Å². The predicted molar refractivity (Wildman–Crippen MR) is 136 cm³/mol. The zero-order valence-electron chi connectivity index (χ0n) is 19.4. The molecular weight excluding hydrogens is 458 g/mol. The van der Waals surface area contributed by atoms with Crippen LogP contribution in [0.2, 0.25) is 0 Å². The van der Waals surface area contributed by atoms with E-state index in [0.29, 0.717) is 16.8 Å². The number of nitrogens with one attached hydrogen (secondary N) is 1. The molecule has 3 aromatic carbocycles. The second-order valence-electron chi connectivity index (χ2n) is 8.57. The van der Waals surface area contributed by atoms with Crippen LogP contribution in [0.25, 0.3) is 0 Å². The van der Waals surface area contributed by atoms with Gasteiger partial charge in [-0.15, -0.1) is 11.3 Å². The summed E-state index contributed by atoms with van der Waals surface area (Å²) < 4.78 is 0. The van der Waals surface area contributed by atoms with E-state index in [1.165, 1.54) is 16.5 Å². The van der Waals surface area contributed by atoms with E-state index in [2.05, 4.69) is 22.4 Å². The second-order valence-corrected chi connectivity index (χ2v) is 9.52. The third kappa shape index (κ3) is 4.50. The van der Waals surface area contributed by atoms with Gasteiger partial charge in [0.15, 0.2) is 0 Å². The first-order valence-electron chi connectivity index (χ1n) is 11.3. The van der Waals surface area contributed by atoms with Gasteiger partial charge in [-0.3, -0.25) is 14.4 Å². The van der Waals surface area contributed by atoms with Crippen LogP contribution < -0.4 is 10.2 Å². The van der Waals surface area contributed by atoms with Crippen LogP contribution in [0.4, 0.5) is 5.69 Å². The third-order valence-corrected chi connectivity index (χ3v) is 6.88. The van der Waals surface area contributed by atoms with Crippen LogP contribution in [0, 0.1) is 13.8 Å². The Bertz CT molecular complexity index is 1460. The molecule has 7 heteroatoms. The molecule has 4 aromatic rings. The first kappa shape index (κ1) is 22.7. The molecule has 0 fully saturated rings. The first-order chi connectivity index (χ1) is 16.9. The fraction of sp³-hybridized carbons (Fsp3) is 0.143. The van der Waals surface area contributed by atoms with Crippen LogP contribution in [-0.2, 0) is 13.0 Å². The fourth-order valence-electron chi connectivity index (χ4n) is 4.12. The van der Waals surface area contributed by atoms with Gasteiger partial charge in [-0.05, 0) is 54.8 Å². The normalized spacial score (nSPS) is 12.7. The number of nitrogens with zero attached hydrogens (tertiary/aromatic N) is 2. The van der Waals surface area contributed by atoms with Gasteiger partial charge in [0.05, 0.1) is 34.1 Å². The molecule has 5 rings (SSSR count). The van der Waals surface area contributed by atoms with Crippen molar-refractivity contribution in [1.82, 2.24) is 10.3 Å². The number of hydrogen-bond donors (Lipinski definition) is 1. The molecule has 0 unspecified atom stereocenters. The van der Waals surface area contributed by atoms with Gasteiger partial charge in [0, 0.05) is 17.4 Å². The Morgan fingerprint density at radius 3 is 2.51 bits per heavy atom. The zero-order valence-corrected chi connectivity index (χ0v) is 20.2. The molecule has 2 heterocycles. The van der Waals surface area contributed by atoms with Crippen molar-refractivity contribution in [1.29, 1.82) is 0 Å². The molecule has 1 aromatic heterocycles. The van der Waals surface area contributed by atoms with Gasteiger partial charge in [-0.1, -0.05) is 42.5 Å². The van der Waals surface area contributed by atoms with Crippen LogP contribution in [0.15, 0.2) is 72.1 Å².